The SMILES string of the molecule is C1CCCCC1.CCC. The largest absolute Gasteiger partial charge is 0.0656 e. The average Bonchev–Trinajstić information content (AvgIpc) is 1.93. The first-order chi connectivity index (χ1) is 4.41. The molecule has 0 aliphatic heterocycles. The van der Waals surface area contributed by atoms with Gasteiger partial charge in [-0.25, -0.2) is 0 Å². The minimum absolute atomic E-state index is 1.25. The van der Waals surface area contributed by atoms with E-state index in [1.807, 2.05) is 0 Å². The lowest BCUT2D eigenvalue weighted by Gasteiger charge is -2.05. The molecule has 0 N–H and O–H groups in total. The van der Waals surface area contributed by atoms with Gasteiger partial charge >= 0.3 is 0 Å². The second-order valence-electron chi connectivity index (χ2n) is 2.83. The van der Waals surface area contributed by atoms with E-state index in [-0.39, 0.29) is 0 Å². The predicted octanol–water partition coefficient (Wildman–Crippen LogP) is 3.76. The molecule has 1 fully saturated rings. The highest BCUT2D eigenvalue weighted by Gasteiger charge is 1.95. The zero-order chi connectivity index (χ0) is 6.95. The van der Waals surface area contributed by atoms with Gasteiger partial charge in [0.05, 0.1) is 0 Å². The van der Waals surface area contributed by atoms with E-state index < -0.39 is 0 Å². The van der Waals surface area contributed by atoms with Gasteiger partial charge in [-0.3, -0.25) is 0 Å². The van der Waals surface area contributed by atoms with E-state index in [4.69, 9.17) is 0 Å². The van der Waals surface area contributed by atoms with Crippen LogP contribution in [-0.2, 0) is 0 Å². The third-order valence-corrected chi connectivity index (χ3v) is 1.50. The monoisotopic (exact) mass is 128 g/mol. The summed E-state index contributed by atoms with van der Waals surface area (Å²) in [6.45, 7) is 4.25. The van der Waals surface area contributed by atoms with Crippen LogP contribution in [0.3, 0.4) is 0 Å². The lowest BCUT2D eigenvalue weighted by Crippen LogP contribution is -1.85. The molecule has 0 amide bonds. The van der Waals surface area contributed by atoms with Crippen molar-refractivity contribution in [3.63, 3.8) is 0 Å². The van der Waals surface area contributed by atoms with Crippen LogP contribution in [0.15, 0.2) is 0 Å². The van der Waals surface area contributed by atoms with Crippen LogP contribution in [0.2, 0.25) is 0 Å². The van der Waals surface area contributed by atoms with Crippen molar-refractivity contribution in [2.75, 3.05) is 0 Å². The van der Waals surface area contributed by atoms with Gasteiger partial charge in [0.1, 0.15) is 0 Å². The lowest BCUT2D eigenvalue weighted by atomic mass is 10.0. The quantitative estimate of drug-likeness (QED) is 0.466. The Morgan fingerprint density at radius 3 is 0.889 bits per heavy atom. The molecule has 0 heteroatoms. The summed E-state index contributed by atoms with van der Waals surface area (Å²) in [6.07, 6.45) is 10.2. The second kappa shape index (κ2) is 8.00. The first-order valence-corrected chi connectivity index (χ1v) is 4.41. The van der Waals surface area contributed by atoms with Crippen LogP contribution in [0.5, 0.6) is 0 Å². The van der Waals surface area contributed by atoms with Gasteiger partial charge in [-0.2, -0.15) is 0 Å². The maximum Gasteiger partial charge on any atom is -0.0533 e. The zero-order valence-electron chi connectivity index (χ0n) is 6.95. The fraction of sp³-hybridized carbons (Fsp3) is 1.00. The molecule has 9 heavy (non-hydrogen) atoms. The molecule has 56 valence electrons. The molecule has 0 unspecified atom stereocenters. The molecule has 0 atom stereocenters. The summed E-state index contributed by atoms with van der Waals surface area (Å²) in [4.78, 5) is 0. The van der Waals surface area contributed by atoms with Crippen molar-refractivity contribution >= 4 is 0 Å². The molecule has 0 nitrogen and oxygen atoms in total. The van der Waals surface area contributed by atoms with Crippen molar-refractivity contribution in [2.45, 2.75) is 58.8 Å². The van der Waals surface area contributed by atoms with Crippen LogP contribution in [0.4, 0.5) is 0 Å². The summed E-state index contributed by atoms with van der Waals surface area (Å²) in [5.74, 6) is 0. The van der Waals surface area contributed by atoms with Crippen LogP contribution in [0.1, 0.15) is 58.8 Å². The molecule has 0 saturated heterocycles. The Balaban J connectivity index is 0.000000187. The van der Waals surface area contributed by atoms with Gasteiger partial charge in [0.25, 0.3) is 0 Å². The minimum atomic E-state index is 1.25. The second-order valence-corrected chi connectivity index (χ2v) is 2.83. The predicted molar refractivity (Wildman–Crippen MR) is 43.7 cm³/mol. The zero-order valence-corrected chi connectivity index (χ0v) is 6.95. The Morgan fingerprint density at radius 1 is 0.667 bits per heavy atom. The van der Waals surface area contributed by atoms with Gasteiger partial charge < -0.3 is 0 Å². The normalized spacial score (nSPS) is 18.0. The van der Waals surface area contributed by atoms with Crippen molar-refractivity contribution in [1.29, 1.82) is 0 Å². The van der Waals surface area contributed by atoms with E-state index in [0.717, 1.165) is 0 Å². The molecule has 0 radical (unpaired) electrons. The van der Waals surface area contributed by atoms with Gasteiger partial charge in [-0.1, -0.05) is 58.8 Å². The van der Waals surface area contributed by atoms with Gasteiger partial charge in [-0.05, 0) is 0 Å². The molecule has 0 aromatic heterocycles. The van der Waals surface area contributed by atoms with E-state index in [1.54, 1.807) is 0 Å². The van der Waals surface area contributed by atoms with Crippen molar-refractivity contribution in [2.24, 2.45) is 0 Å². The third-order valence-electron chi connectivity index (χ3n) is 1.50. The molecule has 0 heterocycles. The Morgan fingerprint density at radius 2 is 0.778 bits per heavy atom. The first-order valence-electron chi connectivity index (χ1n) is 4.41. The standard InChI is InChI=1S/C6H12.C3H8/c1-2-4-6-5-3-1;1-3-2/h1-6H2;3H2,1-2H3. The van der Waals surface area contributed by atoms with Crippen molar-refractivity contribution < 1.29 is 0 Å². The molecular formula is C9H20. The Labute approximate surface area is 59.7 Å². The Hall–Kier alpha value is 0. The van der Waals surface area contributed by atoms with Gasteiger partial charge in [-0.15, -0.1) is 0 Å². The lowest BCUT2D eigenvalue weighted by molar-refractivity contribution is 0.504. The van der Waals surface area contributed by atoms with Crippen LogP contribution in [0.25, 0.3) is 0 Å². The maximum absolute atomic E-state index is 2.12. The fourth-order valence-corrected chi connectivity index (χ4v) is 1.06. The van der Waals surface area contributed by atoms with Crippen molar-refractivity contribution in [1.82, 2.24) is 0 Å². The van der Waals surface area contributed by atoms with Gasteiger partial charge in [0, 0.05) is 0 Å². The summed E-state index contributed by atoms with van der Waals surface area (Å²) < 4.78 is 0. The van der Waals surface area contributed by atoms with E-state index >= 15 is 0 Å². The molecule has 1 aliphatic carbocycles. The summed E-state index contributed by atoms with van der Waals surface area (Å²) in [6, 6.07) is 0. The molecular weight excluding hydrogens is 108 g/mol. The molecule has 0 spiro atoms. The first kappa shape index (κ1) is 9.00. The van der Waals surface area contributed by atoms with E-state index in [0.29, 0.717) is 0 Å². The topological polar surface area (TPSA) is 0 Å². The van der Waals surface area contributed by atoms with E-state index in [1.165, 1.54) is 44.9 Å². The van der Waals surface area contributed by atoms with Crippen molar-refractivity contribution in [3.8, 4) is 0 Å². The van der Waals surface area contributed by atoms with E-state index in [9.17, 15) is 0 Å². The summed E-state index contributed by atoms with van der Waals surface area (Å²) in [5.41, 5.74) is 0. The maximum atomic E-state index is 2.12. The van der Waals surface area contributed by atoms with Crippen LogP contribution in [-0.4, -0.2) is 0 Å². The summed E-state index contributed by atoms with van der Waals surface area (Å²) >= 11 is 0. The van der Waals surface area contributed by atoms with Gasteiger partial charge in [0.15, 0.2) is 0 Å². The Bertz CT molecular complexity index is 23.8. The molecule has 0 aromatic carbocycles. The highest BCUT2D eigenvalue weighted by Crippen LogP contribution is 2.15. The Kier molecular flexibility index (Phi) is 8.00. The smallest absolute Gasteiger partial charge is 0.0533 e. The van der Waals surface area contributed by atoms with Crippen molar-refractivity contribution in [3.05, 3.63) is 0 Å². The van der Waals surface area contributed by atoms with Crippen LogP contribution >= 0.6 is 0 Å². The molecule has 1 aliphatic rings. The highest BCUT2D eigenvalue weighted by molar-refractivity contribution is 4.51. The van der Waals surface area contributed by atoms with E-state index in [2.05, 4.69) is 13.8 Å². The fourth-order valence-electron chi connectivity index (χ4n) is 1.06. The van der Waals surface area contributed by atoms with Crippen LogP contribution in [0, 0.1) is 0 Å². The molecule has 1 rings (SSSR count). The third kappa shape index (κ3) is 8.00. The number of hydrogen-bond acceptors (Lipinski definition) is 0. The van der Waals surface area contributed by atoms with Crippen LogP contribution < -0.4 is 0 Å². The van der Waals surface area contributed by atoms with Gasteiger partial charge in [0.2, 0.25) is 0 Å². The summed E-state index contributed by atoms with van der Waals surface area (Å²) in [7, 11) is 0. The number of rotatable bonds is 0. The molecule has 0 aromatic rings. The number of hydrogen-bond donors (Lipinski definition) is 0. The molecule has 1 saturated carbocycles. The minimum Gasteiger partial charge on any atom is -0.0656 e. The highest BCUT2D eigenvalue weighted by atomic mass is 14.0. The average molecular weight is 128 g/mol. The summed E-state index contributed by atoms with van der Waals surface area (Å²) in [5, 5.41) is 0. The molecule has 0 bridgehead atoms.